The lowest BCUT2D eigenvalue weighted by molar-refractivity contribution is 0.104. The highest BCUT2D eigenvalue weighted by molar-refractivity contribution is 6.34. The van der Waals surface area contributed by atoms with Gasteiger partial charge in [0.15, 0.2) is 5.78 Å². The predicted molar refractivity (Wildman–Crippen MR) is 76.9 cm³/mol. The van der Waals surface area contributed by atoms with Crippen molar-refractivity contribution in [2.45, 2.75) is 0 Å². The number of hydrogen-bond acceptors (Lipinski definition) is 2. The third-order valence-electron chi connectivity index (χ3n) is 2.38. The van der Waals surface area contributed by atoms with E-state index in [1.165, 1.54) is 24.4 Å². The molecular formula is C14H9Cl2NO2. The molecule has 5 heteroatoms. The van der Waals surface area contributed by atoms with E-state index in [0.717, 1.165) is 5.56 Å². The van der Waals surface area contributed by atoms with Gasteiger partial charge >= 0.3 is 0 Å². The lowest BCUT2D eigenvalue weighted by Gasteiger charge is -1.97. The zero-order valence-corrected chi connectivity index (χ0v) is 11.2. The molecule has 1 aromatic carbocycles. The van der Waals surface area contributed by atoms with Crippen LogP contribution in [0.2, 0.25) is 10.0 Å². The molecule has 0 spiro atoms. The van der Waals surface area contributed by atoms with Crippen LogP contribution in [0.3, 0.4) is 0 Å². The Hall–Kier alpha value is -1.84. The van der Waals surface area contributed by atoms with Gasteiger partial charge in [0.25, 0.3) is 0 Å². The van der Waals surface area contributed by atoms with Crippen molar-refractivity contribution >= 4 is 35.1 Å². The second kappa shape index (κ2) is 5.87. The van der Waals surface area contributed by atoms with Gasteiger partial charge in [-0.15, -0.1) is 0 Å². The van der Waals surface area contributed by atoms with Gasteiger partial charge in [-0.25, -0.2) is 0 Å². The molecule has 0 aliphatic carbocycles. The predicted octanol–water partition coefficient (Wildman–Crippen LogP) is 3.58. The molecule has 96 valence electrons. The summed E-state index contributed by atoms with van der Waals surface area (Å²) in [4.78, 5) is 25.2. The summed E-state index contributed by atoms with van der Waals surface area (Å²) in [5.41, 5.74) is 0.890. The molecule has 1 heterocycles. The van der Waals surface area contributed by atoms with Crippen molar-refractivity contribution in [2.75, 3.05) is 0 Å². The molecule has 0 atom stereocenters. The number of nitrogens with one attached hydrogen (secondary N) is 1. The number of H-pyrrole nitrogens is 1. The quantitative estimate of drug-likeness (QED) is 0.695. The van der Waals surface area contributed by atoms with E-state index in [9.17, 15) is 9.59 Å². The van der Waals surface area contributed by atoms with Gasteiger partial charge in [0.05, 0.1) is 0 Å². The van der Waals surface area contributed by atoms with E-state index >= 15 is 0 Å². The summed E-state index contributed by atoms with van der Waals surface area (Å²) in [7, 11) is 0. The highest BCUT2D eigenvalue weighted by Gasteiger charge is 2.01. The highest BCUT2D eigenvalue weighted by atomic mass is 35.5. The molecule has 3 nitrogen and oxygen atoms in total. The fourth-order valence-corrected chi connectivity index (χ4v) is 2.05. The minimum atomic E-state index is -0.248. The van der Waals surface area contributed by atoms with Gasteiger partial charge in [-0.2, -0.15) is 0 Å². The maximum atomic E-state index is 11.8. The van der Waals surface area contributed by atoms with Crippen molar-refractivity contribution < 1.29 is 4.79 Å². The summed E-state index contributed by atoms with van der Waals surface area (Å²) >= 11 is 11.7. The summed E-state index contributed by atoms with van der Waals surface area (Å²) in [6.45, 7) is 0. The van der Waals surface area contributed by atoms with E-state index in [4.69, 9.17) is 23.2 Å². The first-order valence-electron chi connectivity index (χ1n) is 5.42. The van der Waals surface area contributed by atoms with E-state index in [1.54, 1.807) is 24.3 Å². The molecule has 1 aromatic heterocycles. The molecule has 0 saturated carbocycles. The van der Waals surface area contributed by atoms with E-state index < -0.39 is 0 Å². The van der Waals surface area contributed by atoms with Crippen molar-refractivity contribution in [3.63, 3.8) is 0 Å². The number of aromatic nitrogens is 1. The van der Waals surface area contributed by atoms with Crippen LogP contribution in [0.15, 0.2) is 47.4 Å². The first-order valence-corrected chi connectivity index (χ1v) is 6.17. The summed E-state index contributed by atoms with van der Waals surface area (Å²) in [6, 6.07) is 7.78. The number of benzene rings is 1. The van der Waals surface area contributed by atoms with Crippen LogP contribution in [-0.4, -0.2) is 10.8 Å². The average Bonchev–Trinajstić information content (AvgIpc) is 2.36. The minimum Gasteiger partial charge on any atom is -0.328 e. The number of carbonyl (C=O) groups excluding carboxylic acids is 1. The number of halogens is 2. The van der Waals surface area contributed by atoms with Gasteiger partial charge in [0.1, 0.15) is 0 Å². The zero-order chi connectivity index (χ0) is 13.8. The van der Waals surface area contributed by atoms with Crippen molar-refractivity contribution in [2.24, 2.45) is 0 Å². The molecule has 0 amide bonds. The summed E-state index contributed by atoms with van der Waals surface area (Å²) in [5, 5.41) is 1.01. The van der Waals surface area contributed by atoms with E-state index in [1.807, 2.05) is 0 Å². The van der Waals surface area contributed by atoms with Gasteiger partial charge in [0.2, 0.25) is 5.56 Å². The molecule has 19 heavy (non-hydrogen) atoms. The summed E-state index contributed by atoms with van der Waals surface area (Å²) < 4.78 is 0. The fraction of sp³-hybridized carbons (Fsp3) is 0. The van der Waals surface area contributed by atoms with Crippen LogP contribution in [0, 0.1) is 0 Å². The first kappa shape index (κ1) is 13.6. The number of ketones is 1. The molecule has 0 unspecified atom stereocenters. The monoisotopic (exact) mass is 293 g/mol. The van der Waals surface area contributed by atoms with Crippen LogP contribution in [-0.2, 0) is 0 Å². The number of aromatic amines is 1. The number of rotatable bonds is 3. The van der Waals surface area contributed by atoms with Crippen LogP contribution in [0.4, 0.5) is 0 Å². The number of carbonyl (C=O) groups is 1. The smallest absolute Gasteiger partial charge is 0.247 e. The summed E-state index contributed by atoms with van der Waals surface area (Å²) in [6.07, 6.45) is 4.39. The van der Waals surface area contributed by atoms with Gasteiger partial charge in [-0.3, -0.25) is 9.59 Å². The first-order chi connectivity index (χ1) is 9.04. The number of allylic oxidation sites excluding steroid dienone is 1. The van der Waals surface area contributed by atoms with E-state index in [-0.39, 0.29) is 11.3 Å². The molecule has 2 rings (SSSR count). The molecule has 0 aliphatic heterocycles. The number of hydrogen-bond donors (Lipinski definition) is 1. The highest BCUT2D eigenvalue weighted by Crippen LogP contribution is 2.20. The van der Waals surface area contributed by atoms with Crippen LogP contribution in [0.1, 0.15) is 15.9 Å². The maximum Gasteiger partial charge on any atom is 0.247 e. The topological polar surface area (TPSA) is 49.9 Å². The standard InChI is InChI=1S/C14H9Cl2NO2/c15-11-5-9(6-12(16)7-11)1-3-13(18)10-2-4-14(19)17-8-10/h1-8H,(H,17,19). The molecule has 1 N–H and O–H groups in total. The molecule has 0 saturated heterocycles. The van der Waals surface area contributed by atoms with Crippen LogP contribution in [0.25, 0.3) is 6.08 Å². The second-order valence-corrected chi connectivity index (χ2v) is 4.71. The van der Waals surface area contributed by atoms with E-state index in [2.05, 4.69) is 4.98 Å². The molecule has 0 radical (unpaired) electrons. The third kappa shape index (κ3) is 3.81. The Labute approximate surface area is 119 Å². The molecule has 0 fully saturated rings. The maximum absolute atomic E-state index is 11.8. The van der Waals surface area contributed by atoms with Gasteiger partial charge in [-0.05, 0) is 35.9 Å². The van der Waals surface area contributed by atoms with Gasteiger partial charge in [-0.1, -0.05) is 29.3 Å². The van der Waals surface area contributed by atoms with Crippen LogP contribution in [0.5, 0.6) is 0 Å². The SMILES string of the molecule is O=C(C=Cc1cc(Cl)cc(Cl)c1)c1ccc(=O)[nH]c1. The molecular weight excluding hydrogens is 285 g/mol. The Morgan fingerprint density at radius 1 is 1.11 bits per heavy atom. The van der Waals surface area contributed by atoms with Gasteiger partial charge < -0.3 is 4.98 Å². The third-order valence-corrected chi connectivity index (χ3v) is 2.82. The minimum absolute atomic E-state index is 0.215. The van der Waals surface area contributed by atoms with Gasteiger partial charge in [0, 0.05) is 27.9 Å². The Kier molecular flexibility index (Phi) is 4.20. The Morgan fingerprint density at radius 3 is 2.37 bits per heavy atom. The fourth-order valence-electron chi connectivity index (χ4n) is 1.50. The Morgan fingerprint density at radius 2 is 1.79 bits per heavy atom. The van der Waals surface area contributed by atoms with Crippen molar-refractivity contribution in [3.8, 4) is 0 Å². The van der Waals surface area contributed by atoms with E-state index in [0.29, 0.717) is 15.6 Å². The summed E-state index contributed by atoms with van der Waals surface area (Å²) in [5.74, 6) is -0.215. The zero-order valence-electron chi connectivity index (χ0n) is 9.69. The van der Waals surface area contributed by atoms with Crippen LogP contribution < -0.4 is 5.56 Å². The molecule has 0 bridgehead atoms. The molecule has 2 aromatic rings. The normalized spacial score (nSPS) is 10.8. The average molecular weight is 294 g/mol. The second-order valence-electron chi connectivity index (χ2n) is 3.84. The van der Waals surface area contributed by atoms with Crippen molar-refractivity contribution in [1.82, 2.24) is 4.98 Å². The lowest BCUT2D eigenvalue weighted by atomic mass is 10.1. The Bertz CT molecular complexity index is 664. The van der Waals surface area contributed by atoms with Crippen molar-refractivity contribution in [3.05, 3.63) is 74.1 Å². The van der Waals surface area contributed by atoms with Crippen LogP contribution >= 0.6 is 23.2 Å². The molecule has 0 aliphatic rings. The van der Waals surface area contributed by atoms with Crippen molar-refractivity contribution in [1.29, 1.82) is 0 Å². The largest absolute Gasteiger partial charge is 0.328 e. The number of pyridine rings is 1. The Balaban J connectivity index is 2.20. The lowest BCUT2D eigenvalue weighted by Crippen LogP contribution is -2.05.